The number of halogens is 1. The van der Waals surface area contributed by atoms with Crippen molar-refractivity contribution in [1.82, 2.24) is 14.9 Å². The van der Waals surface area contributed by atoms with E-state index in [1.165, 1.54) is 6.42 Å². The van der Waals surface area contributed by atoms with Crippen molar-refractivity contribution in [2.45, 2.75) is 32.4 Å². The van der Waals surface area contributed by atoms with Crippen molar-refractivity contribution < 1.29 is 4.74 Å². The van der Waals surface area contributed by atoms with Crippen LogP contribution in [0.2, 0.25) is 5.02 Å². The summed E-state index contributed by atoms with van der Waals surface area (Å²) >= 11 is 13.0. The maximum atomic E-state index is 7.01. The lowest BCUT2D eigenvalue weighted by atomic mass is 9.91. The van der Waals surface area contributed by atoms with Crippen molar-refractivity contribution in [1.29, 1.82) is 0 Å². The molecule has 0 bridgehead atoms. The molecule has 1 N–H and O–H groups in total. The molecular weight excluding hydrogens is 538 g/mol. The fourth-order valence-corrected chi connectivity index (χ4v) is 6.97. The number of piperidine rings is 1. The Morgan fingerprint density at radius 1 is 0.950 bits per heavy atom. The maximum Gasteiger partial charge on any atom is 0.174 e. The Hall–Kier alpha value is -3.55. The maximum absolute atomic E-state index is 7.01. The molecule has 2 aromatic heterocycles. The van der Waals surface area contributed by atoms with E-state index in [-0.39, 0.29) is 12.1 Å². The van der Waals surface area contributed by atoms with Crippen LogP contribution >= 0.6 is 23.8 Å². The third kappa shape index (κ3) is 5.04. The first-order valence-electron chi connectivity index (χ1n) is 13.8. The number of thiocarbonyl (C=S) groups is 1. The number of methoxy groups -OCH3 is 1. The Bertz CT molecular complexity index is 1500. The monoisotopic (exact) mass is 571 g/mol. The van der Waals surface area contributed by atoms with E-state index < -0.39 is 0 Å². The van der Waals surface area contributed by atoms with Crippen LogP contribution in [-0.4, -0.2) is 34.9 Å². The minimum atomic E-state index is -0.166. The highest BCUT2D eigenvalue weighted by Gasteiger charge is 2.42. The van der Waals surface area contributed by atoms with Gasteiger partial charge in [0.2, 0.25) is 0 Å². The van der Waals surface area contributed by atoms with Crippen LogP contribution in [0.15, 0.2) is 85.2 Å². The van der Waals surface area contributed by atoms with E-state index in [0.717, 1.165) is 52.3 Å². The molecule has 2 saturated heterocycles. The molecule has 4 aromatic rings. The average Bonchev–Trinajstić information content (AvgIpc) is 3.57. The molecule has 6 nitrogen and oxygen atoms in total. The number of nitrogens with zero attached hydrogens (tertiary/aromatic N) is 4. The quantitative estimate of drug-likeness (QED) is 0.247. The fourth-order valence-electron chi connectivity index (χ4n) is 6.33. The lowest BCUT2D eigenvalue weighted by Crippen LogP contribution is -2.38. The molecule has 206 valence electrons. The zero-order chi connectivity index (χ0) is 27.8. The van der Waals surface area contributed by atoms with E-state index in [9.17, 15) is 0 Å². The summed E-state index contributed by atoms with van der Waals surface area (Å²) < 4.78 is 7.71. The van der Waals surface area contributed by atoms with Crippen molar-refractivity contribution in [2.75, 3.05) is 30.0 Å². The Balaban J connectivity index is 1.43. The van der Waals surface area contributed by atoms with Gasteiger partial charge in [0.25, 0.3) is 0 Å². The Morgan fingerprint density at radius 3 is 2.50 bits per heavy atom. The Morgan fingerprint density at radius 2 is 1.77 bits per heavy atom. The van der Waals surface area contributed by atoms with E-state index in [1.54, 1.807) is 7.11 Å². The number of nitrogens with one attached hydrogen (secondary N) is 1. The molecule has 0 amide bonds. The van der Waals surface area contributed by atoms with Gasteiger partial charge >= 0.3 is 0 Å². The highest BCUT2D eigenvalue weighted by molar-refractivity contribution is 7.80. The van der Waals surface area contributed by atoms with Crippen LogP contribution in [-0.2, 0) is 0 Å². The summed E-state index contributed by atoms with van der Waals surface area (Å²) in [5.41, 5.74) is 5.05. The summed E-state index contributed by atoms with van der Waals surface area (Å²) in [7, 11) is 1.69. The van der Waals surface area contributed by atoms with Gasteiger partial charge in [0.15, 0.2) is 5.11 Å². The second kappa shape index (κ2) is 11.1. The van der Waals surface area contributed by atoms with Crippen LogP contribution in [0.4, 0.5) is 11.4 Å². The lowest BCUT2D eigenvalue weighted by molar-refractivity contribution is 0.357. The summed E-state index contributed by atoms with van der Waals surface area (Å²) in [6.07, 6.45) is 5.16. The smallest absolute Gasteiger partial charge is 0.174 e. The van der Waals surface area contributed by atoms with Crippen LogP contribution in [0.5, 0.6) is 5.75 Å². The molecule has 0 saturated carbocycles. The summed E-state index contributed by atoms with van der Waals surface area (Å²) in [6.45, 7) is 6.68. The molecule has 4 atom stereocenters. The second-order valence-corrected chi connectivity index (χ2v) is 11.8. The SMILES string of the molecule is COc1cccc(-n2cccc2C2C(c3ccccn3)NC(=S)N2c2ccc(N3CC(C)CC(C)C3)c(Cl)c2)c1. The molecule has 0 radical (unpaired) electrons. The first-order chi connectivity index (χ1) is 19.4. The largest absolute Gasteiger partial charge is 0.497 e. The molecule has 40 heavy (non-hydrogen) atoms. The average molecular weight is 572 g/mol. The summed E-state index contributed by atoms with van der Waals surface area (Å²) in [5.74, 6) is 2.09. The van der Waals surface area contributed by atoms with Gasteiger partial charge in [-0.2, -0.15) is 0 Å². The van der Waals surface area contributed by atoms with Crippen LogP contribution in [0.3, 0.4) is 0 Å². The van der Waals surface area contributed by atoms with E-state index in [0.29, 0.717) is 16.9 Å². The standard InChI is InChI=1S/C32H34ClN5OS/c1-21-16-22(2)20-36(19-21)28-13-12-24(18-26(28)33)38-31(30(35-32(38)40)27-10-4-5-14-34-27)29-11-7-15-37(29)23-8-6-9-25(17-23)39-3/h4-15,17-18,21-22,30-31H,16,19-20H2,1-3H3,(H,35,40). The van der Waals surface area contributed by atoms with E-state index in [4.69, 9.17) is 33.5 Å². The van der Waals surface area contributed by atoms with Crippen LogP contribution in [0, 0.1) is 11.8 Å². The van der Waals surface area contributed by atoms with Gasteiger partial charge in [0.1, 0.15) is 11.8 Å². The van der Waals surface area contributed by atoms with Gasteiger partial charge in [-0.1, -0.05) is 37.6 Å². The fraction of sp³-hybridized carbons (Fsp3) is 0.312. The Labute approximate surface area is 246 Å². The number of benzene rings is 2. The highest BCUT2D eigenvalue weighted by Crippen LogP contribution is 2.44. The van der Waals surface area contributed by atoms with E-state index >= 15 is 0 Å². The molecule has 2 aromatic carbocycles. The summed E-state index contributed by atoms with van der Waals surface area (Å²) in [5, 5.41) is 4.95. The number of hydrogen-bond acceptors (Lipinski definition) is 4. The highest BCUT2D eigenvalue weighted by atomic mass is 35.5. The molecule has 2 aliphatic rings. The van der Waals surface area contributed by atoms with Gasteiger partial charge in [-0.15, -0.1) is 0 Å². The number of anilines is 2. The Kier molecular flexibility index (Phi) is 7.43. The molecule has 0 spiro atoms. The zero-order valence-corrected chi connectivity index (χ0v) is 24.6. The van der Waals surface area contributed by atoms with Crippen molar-refractivity contribution in [3.63, 3.8) is 0 Å². The van der Waals surface area contributed by atoms with E-state index in [1.807, 2.05) is 42.6 Å². The van der Waals surface area contributed by atoms with E-state index in [2.05, 4.69) is 76.1 Å². The number of ether oxygens (including phenoxy) is 1. The number of rotatable bonds is 6. The lowest BCUT2D eigenvalue weighted by Gasteiger charge is -2.37. The topological polar surface area (TPSA) is 45.6 Å². The number of hydrogen-bond donors (Lipinski definition) is 1. The summed E-state index contributed by atoms with van der Waals surface area (Å²) in [4.78, 5) is 9.31. The minimum Gasteiger partial charge on any atom is -0.497 e. The zero-order valence-electron chi connectivity index (χ0n) is 23.0. The van der Waals surface area contributed by atoms with Gasteiger partial charge in [0.05, 0.1) is 29.6 Å². The van der Waals surface area contributed by atoms with Crippen molar-refractivity contribution in [2.24, 2.45) is 11.8 Å². The predicted molar refractivity (Wildman–Crippen MR) is 167 cm³/mol. The van der Waals surface area contributed by atoms with Gasteiger partial charge in [0, 0.05) is 48.6 Å². The summed E-state index contributed by atoms with van der Waals surface area (Å²) in [6, 6.07) is 24.3. The van der Waals surface area contributed by atoms with Crippen LogP contribution in [0.1, 0.15) is 43.7 Å². The van der Waals surface area contributed by atoms with Crippen molar-refractivity contribution in [3.05, 3.63) is 102 Å². The molecule has 4 heterocycles. The first kappa shape index (κ1) is 26.7. The van der Waals surface area contributed by atoms with Crippen molar-refractivity contribution >= 4 is 40.3 Å². The molecule has 2 fully saturated rings. The van der Waals surface area contributed by atoms with Gasteiger partial charge in [-0.25, -0.2) is 0 Å². The molecule has 0 aliphatic carbocycles. The molecule has 2 aliphatic heterocycles. The van der Waals surface area contributed by atoms with Crippen LogP contribution in [0.25, 0.3) is 5.69 Å². The van der Waals surface area contributed by atoms with Crippen molar-refractivity contribution in [3.8, 4) is 11.4 Å². The van der Waals surface area contributed by atoms with Gasteiger partial charge in [-0.3, -0.25) is 4.98 Å². The molecular formula is C32H34ClN5OS. The third-order valence-corrected chi connectivity index (χ3v) is 8.55. The predicted octanol–water partition coefficient (Wildman–Crippen LogP) is 7.19. The number of pyridine rings is 1. The van der Waals surface area contributed by atoms with Gasteiger partial charge in [-0.05, 0) is 85.1 Å². The molecule has 6 rings (SSSR count). The number of aromatic nitrogens is 2. The third-order valence-electron chi connectivity index (χ3n) is 7.93. The molecule has 8 heteroatoms. The van der Waals surface area contributed by atoms with Gasteiger partial charge < -0.3 is 24.4 Å². The minimum absolute atomic E-state index is 0.157. The van der Waals surface area contributed by atoms with Crippen LogP contribution < -0.4 is 19.9 Å². The normalized spacial score (nSPS) is 22.9. The first-order valence-corrected chi connectivity index (χ1v) is 14.6. The molecule has 4 unspecified atom stereocenters. The second-order valence-electron chi connectivity index (χ2n) is 11.0.